The Balaban J connectivity index is 2.32. The van der Waals surface area contributed by atoms with E-state index in [9.17, 15) is 0 Å². The molecule has 3 heteroatoms. The number of nitrogens with one attached hydrogen (secondary N) is 1. The lowest BCUT2D eigenvalue weighted by atomic mass is 10.1. The Kier molecular flexibility index (Phi) is 5.14. The van der Waals surface area contributed by atoms with Crippen LogP contribution in [0.3, 0.4) is 0 Å². The minimum atomic E-state index is 0.720. The van der Waals surface area contributed by atoms with Gasteiger partial charge in [-0.2, -0.15) is 11.8 Å². The van der Waals surface area contributed by atoms with Crippen LogP contribution in [0, 0.1) is 0 Å². The summed E-state index contributed by atoms with van der Waals surface area (Å²) in [6.07, 6.45) is 3.44. The maximum atomic E-state index is 3.55. The number of thioether (sulfide) groups is 1. The molecule has 78 valence electrons. The lowest BCUT2D eigenvalue weighted by Gasteiger charge is -2.37. The molecule has 1 rings (SSSR count). The van der Waals surface area contributed by atoms with Crippen LogP contribution in [0.5, 0.6) is 0 Å². The Morgan fingerprint density at radius 3 is 3.00 bits per heavy atom. The number of hydrogen-bond donors (Lipinski definition) is 1. The largest absolute Gasteiger partial charge is 0.311 e. The summed E-state index contributed by atoms with van der Waals surface area (Å²) < 4.78 is 0. The first kappa shape index (κ1) is 11.3. The van der Waals surface area contributed by atoms with Crippen molar-refractivity contribution in [1.82, 2.24) is 10.2 Å². The van der Waals surface area contributed by atoms with Gasteiger partial charge in [-0.25, -0.2) is 0 Å². The van der Waals surface area contributed by atoms with E-state index in [-0.39, 0.29) is 0 Å². The van der Waals surface area contributed by atoms with Crippen LogP contribution < -0.4 is 5.32 Å². The SMILES string of the molecule is CCC1CN(C(C)CSC)CCN1. The van der Waals surface area contributed by atoms with E-state index in [0.717, 1.165) is 18.6 Å². The quantitative estimate of drug-likeness (QED) is 0.742. The van der Waals surface area contributed by atoms with E-state index in [0.29, 0.717) is 0 Å². The Bertz CT molecular complexity index is 141. The molecule has 0 amide bonds. The predicted octanol–water partition coefficient (Wildman–Crippen LogP) is 1.42. The van der Waals surface area contributed by atoms with Gasteiger partial charge in [0, 0.05) is 37.5 Å². The van der Waals surface area contributed by atoms with Gasteiger partial charge in [0.25, 0.3) is 0 Å². The molecule has 1 N–H and O–H groups in total. The summed E-state index contributed by atoms with van der Waals surface area (Å²) in [5.41, 5.74) is 0. The van der Waals surface area contributed by atoms with Crippen molar-refractivity contribution in [2.45, 2.75) is 32.4 Å². The fraction of sp³-hybridized carbons (Fsp3) is 1.00. The molecule has 0 spiro atoms. The van der Waals surface area contributed by atoms with Crippen molar-refractivity contribution in [2.24, 2.45) is 0 Å². The van der Waals surface area contributed by atoms with Gasteiger partial charge in [0.05, 0.1) is 0 Å². The molecular weight excluding hydrogens is 180 g/mol. The third-order valence-corrected chi connectivity index (χ3v) is 3.63. The molecule has 2 unspecified atom stereocenters. The molecule has 0 bridgehead atoms. The molecule has 2 nitrogen and oxygen atoms in total. The van der Waals surface area contributed by atoms with E-state index in [4.69, 9.17) is 0 Å². The smallest absolute Gasteiger partial charge is 0.0193 e. The molecule has 0 radical (unpaired) electrons. The maximum Gasteiger partial charge on any atom is 0.0193 e. The van der Waals surface area contributed by atoms with Crippen molar-refractivity contribution in [1.29, 1.82) is 0 Å². The zero-order valence-corrected chi connectivity index (χ0v) is 9.86. The second-order valence-corrected chi connectivity index (χ2v) is 4.77. The predicted molar refractivity (Wildman–Crippen MR) is 61.5 cm³/mol. The third kappa shape index (κ3) is 3.49. The number of rotatable bonds is 4. The van der Waals surface area contributed by atoms with E-state index < -0.39 is 0 Å². The molecule has 1 heterocycles. The topological polar surface area (TPSA) is 15.3 Å². The zero-order chi connectivity index (χ0) is 9.68. The maximum absolute atomic E-state index is 3.55. The molecule has 2 atom stereocenters. The summed E-state index contributed by atoms with van der Waals surface area (Å²) >= 11 is 1.95. The monoisotopic (exact) mass is 202 g/mol. The molecule has 1 fully saturated rings. The van der Waals surface area contributed by atoms with Crippen LogP contribution in [0.1, 0.15) is 20.3 Å². The standard InChI is InChI=1S/C10H22N2S/c1-4-10-7-12(6-5-11-10)9(2)8-13-3/h9-11H,4-8H2,1-3H3. The second-order valence-electron chi connectivity index (χ2n) is 3.86. The van der Waals surface area contributed by atoms with Crippen molar-refractivity contribution in [2.75, 3.05) is 31.6 Å². The minimum Gasteiger partial charge on any atom is -0.311 e. The number of nitrogens with zero attached hydrogens (tertiary/aromatic N) is 1. The second kappa shape index (κ2) is 5.89. The summed E-state index contributed by atoms with van der Waals surface area (Å²) in [5.74, 6) is 1.26. The highest BCUT2D eigenvalue weighted by Gasteiger charge is 2.21. The van der Waals surface area contributed by atoms with Crippen molar-refractivity contribution >= 4 is 11.8 Å². The average Bonchev–Trinajstić information content (AvgIpc) is 2.18. The van der Waals surface area contributed by atoms with Crippen molar-refractivity contribution in [3.05, 3.63) is 0 Å². The Morgan fingerprint density at radius 1 is 1.62 bits per heavy atom. The molecule has 0 aromatic carbocycles. The summed E-state index contributed by atoms with van der Waals surface area (Å²) in [6.45, 7) is 8.22. The Hall–Kier alpha value is 0.270. The lowest BCUT2D eigenvalue weighted by Crippen LogP contribution is -2.53. The van der Waals surface area contributed by atoms with Crippen LogP contribution in [-0.2, 0) is 0 Å². The van der Waals surface area contributed by atoms with E-state index in [1.807, 2.05) is 11.8 Å². The summed E-state index contributed by atoms with van der Waals surface area (Å²) in [5, 5.41) is 3.55. The fourth-order valence-corrected chi connectivity index (χ4v) is 2.56. The van der Waals surface area contributed by atoms with Crippen LogP contribution in [0.15, 0.2) is 0 Å². The normalized spacial score (nSPS) is 27.5. The van der Waals surface area contributed by atoms with Crippen LogP contribution in [-0.4, -0.2) is 48.6 Å². The molecule has 0 aromatic rings. The van der Waals surface area contributed by atoms with Crippen molar-refractivity contribution in [3.63, 3.8) is 0 Å². The van der Waals surface area contributed by atoms with Crippen LogP contribution in [0.25, 0.3) is 0 Å². The van der Waals surface area contributed by atoms with Crippen molar-refractivity contribution in [3.8, 4) is 0 Å². The van der Waals surface area contributed by atoms with Gasteiger partial charge in [-0.15, -0.1) is 0 Å². The molecule has 1 aliphatic heterocycles. The van der Waals surface area contributed by atoms with Gasteiger partial charge in [0.2, 0.25) is 0 Å². The number of piperazine rings is 1. The Morgan fingerprint density at radius 2 is 2.38 bits per heavy atom. The van der Waals surface area contributed by atoms with Gasteiger partial charge >= 0.3 is 0 Å². The summed E-state index contributed by atoms with van der Waals surface area (Å²) in [6, 6.07) is 1.46. The fourth-order valence-electron chi connectivity index (χ4n) is 1.87. The molecular formula is C10H22N2S. The van der Waals surface area contributed by atoms with E-state index in [2.05, 4.69) is 30.3 Å². The molecule has 0 aromatic heterocycles. The minimum absolute atomic E-state index is 0.720. The molecule has 1 aliphatic rings. The van der Waals surface area contributed by atoms with Crippen molar-refractivity contribution < 1.29 is 0 Å². The average molecular weight is 202 g/mol. The zero-order valence-electron chi connectivity index (χ0n) is 9.05. The van der Waals surface area contributed by atoms with Gasteiger partial charge in [-0.1, -0.05) is 6.92 Å². The van der Waals surface area contributed by atoms with Crippen LogP contribution in [0.2, 0.25) is 0 Å². The Labute approximate surface area is 86.5 Å². The summed E-state index contributed by atoms with van der Waals surface area (Å²) in [7, 11) is 0. The lowest BCUT2D eigenvalue weighted by molar-refractivity contribution is 0.162. The summed E-state index contributed by atoms with van der Waals surface area (Å²) in [4.78, 5) is 2.61. The van der Waals surface area contributed by atoms with Gasteiger partial charge in [0.15, 0.2) is 0 Å². The third-order valence-electron chi connectivity index (χ3n) is 2.81. The van der Waals surface area contributed by atoms with Gasteiger partial charge in [-0.3, -0.25) is 4.90 Å². The highest BCUT2D eigenvalue weighted by molar-refractivity contribution is 7.98. The van der Waals surface area contributed by atoms with E-state index >= 15 is 0 Å². The molecule has 0 saturated carbocycles. The first-order valence-electron chi connectivity index (χ1n) is 5.24. The van der Waals surface area contributed by atoms with Gasteiger partial charge in [-0.05, 0) is 19.6 Å². The van der Waals surface area contributed by atoms with E-state index in [1.165, 1.54) is 25.3 Å². The highest BCUT2D eigenvalue weighted by atomic mass is 32.2. The molecule has 13 heavy (non-hydrogen) atoms. The van der Waals surface area contributed by atoms with Crippen LogP contribution in [0.4, 0.5) is 0 Å². The van der Waals surface area contributed by atoms with Crippen LogP contribution >= 0.6 is 11.8 Å². The number of hydrogen-bond acceptors (Lipinski definition) is 3. The van der Waals surface area contributed by atoms with Gasteiger partial charge < -0.3 is 5.32 Å². The molecule has 1 saturated heterocycles. The first-order chi connectivity index (χ1) is 6.27. The van der Waals surface area contributed by atoms with E-state index in [1.54, 1.807) is 0 Å². The highest BCUT2D eigenvalue weighted by Crippen LogP contribution is 2.10. The van der Waals surface area contributed by atoms with Gasteiger partial charge in [0.1, 0.15) is 0 Å². The molecule has 0 aliphatic carbocycles. The first-order valence-corrected chi connectivity index (χ1v) is 6.63.